The van der Waals surface area contributed by atoms with Gasteiger partial charge in [0, 0.05) is 24.6 Å². The number of carbonyl (C=O) groups excluding carboxylic acids is 2. The van der Waals surface area contributed by atoms with Gasteiger partial charge in [0.25, 0.3) is 0 Å². The van der Waals surface area contributed by atoms with Gasteiger partial charge in [0.1, 0.15) is 0 Å². The summed E-state index contributed by atoms with van der Waals surface area (Å²) >= 11 is 0. The molecule has 9 heteroatoms. The van der Waals surface area contributed by atoms with Gasteiger partial charge in [0.05, 0.1) is 17.4 Å². The van der Waals surface area contributed by atoms with Crippen molar-refractivity contribution in [3.63, 3.8) is 0 Å². The minimum Gasteiger partial charge on any atom is -0.351 e. The third kappa shape index (κ3) is 4.06. The summed E-state index contributed by atoms with van der Waals surface area (Å²) in [5, 5.41) is 5.30. The number of rotatable bonds is 6. The first-order valence-electron chi connectivity index (χ1n) is 7.97. The number of carbonyl (C=O) groups is 2. The van der Waals surface area contributed by atoms with Gasteiger partial charge in [-0.2, -0.15) is 4.72 Å². The van der Waals surface area contributed by atoms with E-state index in [2.05, 4.69) is 20.3 Å². The summed E-state index contributed by atoms with van der Waals surface area (Å²) in [5.41, 5.74) is 2.04. The maximum absolute atomic E-state index is 12.5. The second kappa shape index (κ2) is 7.22. The smallest absolute Gasteiger partial charge is 0.241 e. The number of nitrogens with zero attached hydrogens (tertiary/aromatic N) is 1. The Morgan fingerprint density at radius 2 is 2.15 bits per heavy atom. The molecule has 0 bridgehead atoms. The average molecular weight is 374 g/mol. The van der Waals surface area contributed by atoms with Crippen molar-refractivity contribution in [3.05, 3.63) is 53.9 Å². The molecule has 0 aliphatic carbocycles. The largest absolute Gasteiger partial charge is 0.351 e. The predicted octanol–water partition coefficient (Wildman–Crippen LogP) is 0.559. The van der Waals surface area contributed by atoms with E-state index in [9.17, 15) is 18.0 Å². The monoisotopic (exact) mass is 374 g/mol. The summed E-state index contributed by atoms with van der Waals surface area (Å²) in [6.45, 7) is 1.72. The molecule has 26 heavy (non-hydrogen) atoms. The van der Waals surface area contributed by atoms with Crippen molar-refractivity contribution in [2.75, 3.05) is 5.32 Å². The van der Waals surface area contributed by atoms with Crippen LogP contribution in [0.5, 0.6) is 0 Å². The molecule has 0 saturated carbocycles. The number of hydrogen-bond acceptors (Lipinski definition) is 5. The minimum atomic E-state index is -3.89. The summed E-state index contributed by atoms with van der Waals surface area (Å²) in [6, 6.07) is 6.98. The fourth-order valence-corrected chi connectivity index (χ4v) is 3.83. The van der Waals surface area contributed by atoms with Crippen LogP contribution in [0.2, 0.25) is 0 Å². The molecule has 2 aromatic rings. The van der Waals surface area contributed by atoms with Gasteiger partial charge >= 0.3 is 0 Å². The maximum atomic E-state index is 12.5. The molecule has 1 aromatic heterocycles. The fraction of sp³-hybridized carbons (Fsp3) is 0.235. The van der Waals surface area contributed by atoms with Crippen LogP contribution in [0.1, 0.15) is 18.1 Å². The van der Waals surface area contributed by atoms with Crippen molar-refractivity contribution in [2.24, 2.45) is 0 Å². The standard InChI is InChI=1S/C17H18N4O4S/c1-11(17(23)19-10-12-3-2-6-18-9-12)21-26(24,25)14-4-5-15-13(7-14)8-16(22)20-15/h2-7,9,11,21H,8,10H2,1H3,(H,19,23)(H,20,22)/t11-/m1/s1. The van der Waals surface area contributed by atoms with Crippen molar-refractivity contribution in [1.29, 1.82) is 0 Å². The highest BCUT2D eigenvalue weighted by Gasteiger charge is 2.25. The predicted molar refractivity (Wildman–Crippen MR) is 94.6 cm³/mol. The Labute approximate surface area is 151 Å². The van der Waals surface area contributed by atoms with Crippen molar-refractivity contribution < 1.29 is 18.0 Å². The van der Waals surface area contributed by atoms with Crippen LogP contribution in [0.25, 0.3) is 0 Å². The van der Waals surface area contributed by atoms with Gasteiger partial charge < -0.3 is 10.6 Å². The molecule has 8 nitrogen and oxygen atoms in total. The van der Waals surface area contributed by atoms with Crippen LogP contribution in [0, 0.1) is 0 Å². The molecular formula is C17H18N4O4S. The van der Waals surface area contributed by atoms with E-state index in [0.29, 0.717) is 11.3 Å². The number of amides is 2. The van der Waals surface area contributed by atoms with Crippen molar-refractivity contribution >= 4 is 27.5 Å². The lowest BCUT2D eigenvalue weighted by Gasteiger charge is -2.15. The molecule has 136 valence electrons. The number of benzene rings is 1. The molecule has 2 heterocycles. The van der Waals surface area contributed by atoms with Gasteiger partial charge in [0.2, 0.25) is 21.8 Å². The van der Waals surface area contributed by atoms with Gasteiger partial charge in [0.15, 0.2) is 0 Å². The first-order chi connectivity index (χ1) is 12.3. The lowest BCUT2D eigenvalue weighted by molar-refractivity contribution is -0.122. The van der Waals surface area contributed by atoms with Gasteiger partial charge in [-0.25, -0.2) is 8.42 Å². The number of anilines is 1. The molecule has 1 atom stereocenters. The van der Waals surface area contributed by atoms with Gasteiger partial charge in [-0.1, -0.05) is 6.07 Å². The molecule has 0 spiro atoms. The number of sulfonamides is 1. The zero-order valence-corrected chi connectivity index (χ0v) is 14.8. The average Bonchev–Trinajstić information content (AvgIpc) is 2.99. The second-order valence-electron chi connectivity index (χ2n) is 5.97. The van der Waals surface area contributed by atoms with E-state index in [1.807, 2.05) is 6.07 Å². The van der Waals surface area contributed by atoms with Crippen LogP contribution in [-0.4, -0.2) is 31.3 Å². The van der Waals surface area contributed by atoms with E-state index in [-0.39, 0.29) is 23.8 Å². The summed E-state index contributed by atoms with van der Waals surface area (Å²) in [7, 11) is -3.89. The van der Waals surface area contributed by atoms with E-state index in [4.69, 9.17) is 0 Å². The van der Waals surface area contributed by atoms with Gasteiger partial charge in [-0.3, -0.25) is 14.6 Å². The molecular weight excluding hydrogens is 356 g/mol. The highest BCUT2D eigenvalue weighted by molar-refractivity contribution is 7.89. The van der Waals surface area contributed by atoms with Crippen LogP contribution < -0.4 is 15.4 Å². The number of fused-ring (bicyclic) bond motifs is 1. The summed E-state index contributed by atoms with van der Waals surface area (Å²) < 4.78 is 27.3. The molecule has 0 fully saturated rings. The molecule has 0 radical (unpaired) electrons. The van der Waals surface area contributed by atoms with Crippen molar-refractivity contribution in [2.45, 2.75) is 30.8 Å². The third-order valence-corrected chi connectivity index (χ3v) is 5.47. The summed E-state index contributed by atoms with van der Waals surface area (Å²) in [4.78, 5) is 27.5. The molecule has 0 unspecified atom stereocenters. The minimum absolute atomic E-state index is 0.0136. The Hall–Kier alpha value is -2.78. The fourth-order valence-electron chi connectivity index (χ4n) is 2.57. The quantitative estimate of drug-likeness (QED) is 0.683. The first kappa shape index (κ1) is 18.0. The Morgan fingerprint density at radius 1 is 1.35 bits per heavy atom. The third-order valence-electron chi connectivity index (χ3n) is 3.93. The zero-order valence-electron chi connectivity index (χ0n) is 14.0. The maximum Gasteiger partial charge on any atom is 0.241 e. The molecule has 3 N–H and O–H groups in total. The molecule has 3 rings (SSSR count). The molecule has 2 amide bonds. The Balaban J connectivity index is 1.64. The molecule has 1 aliphatic rings. The topological polar surface area (TPSA) is 117 Å². The number of aromatic nitrogens is 1. The Bertz CT molecular complexity index is 944. The van der Waals surface area contributed by atoms with Crippen LogP contribution in [-0.2, 0) is 32.6 Å². The van der Waals surface area contributed by atoms with Gasteiger partial charge in [-0.05, 0) is 42.3 Å². The SMILES string of the molecule is C[C@@H](NS(=O)(=O)c1ccc2c(c1)CC(=O)N2)C(=O)NCc1cccnc1. The summed E-state index contributed by atoms with van der Waals surface area (Å²) in [6.07, 6.45) is 3.39. The number of hydrogen-bond donors (Lipinski definition) is 3. The van der Waals surface area contributed by atoms with E-state index in [1.165, 1.54) is 19.1 Å². The van der Waals surface area contributed by atoms with Gasteiger partial charge in [-0.15, -0.1) is 0 Å². The molecule has 0 saturated heterocycles. The van der Waals surface area contributed by atoms with E-state index in [1.54, 1.807) is 24.5 Å². The normalized spacial score (nSPS) is 14.4. The van der Waals surface area contributed by atoms with Crippen LogP contribution in [0.4, 0.5) is 5.69 Å². The first-order valence-corrected chi connectivity index (χ1v) is 9.45. The summed E-state index contributed by atoms with van der Waals surface area (Å²) in [5.74, 6) is -0.624. The van der Waals surface area contributed by atoms with Crippen molar-refractivity contribution in [1.82, 2.24) is 15.0 Å². The van der Waals surface area contributed by atoms with E-state index < -0.39 is 22.0 Å². The van der Waals surface area contributed by atoms with E-state index in [0.717, 1.165) is 5.56 Å². The highest BCUT2D eigenvalue weighted by Crippen LogP contribution is 2.25. The lowest BCUT2D eigenvalue weighted by atomic mass is 10.2. The number of nitrogens with one attached hydrogen (secondary N) is 3. The zero-order chi connectivity index (χ0) is 18.7. The Kier molecular flexibility index (Phi) is 5.01. The Morgan fingerprint density at radius 3 is 2.88 bits per heavy atom. The van der Waals surface area contributed by atoms with Crippen molar-refractivity contribution in [3.8, 4) is 0 Å². The highest BCUT2D eigenvalue weighted by atomic mass is 32.2. The molecule has 1 aromatic carbocycles. The number of pyridine rings is 1. The van der Waals surface area contributed by atoms with E-state index >= 15 is 0 Å². The van der Waals surface area contributed by atoms with Crippen LogP contribution >= 0.6 is 0 Å². The van der Waals surface area contributed by atoms with Crippen LogP contribution in [0.15, 0.2) is 47.6 Å². The molecule has 1 aliphatic heterocycles. The van der Waals surface area contributed by atoms with Crippen LogP contribution in [0.3, 0.4) is 0 Å². The lowest BCUT2D eigenvalue weighted by Crippen LogP contribution is -2.44. The second-order valence-corrected chi connectivity index (χ2v) is 7.68.